The molecular weight excluding hydrogens is 242 g/mol. The van der Waals surface area contributed by atoms with Gasteiger partial charge in [0.15, 0.2) is 0 Å². The van der Waals surface area contributed by atoms with Crippen molar-refractivity contribution in [2.75, 3.05) is 6.54 Å². The molecule has 2 rings (SSSR count). The van der Waals surface area contributed by atoms with Crippen LogP contribution in [0.2, 0.25) is 5.02 Å². The zero-order valence-corrected chi connectivity index (χ0v) is 12.0. The van der Waals surface area contributed by atoms with E-state index in [4.69, 9.17) is 11.6 Å². The lowest BCUT2D eigenvalue weighted by molar-refractivity contribution is 0.259. The van der Waals surface area contributed by atoms with Gasteiger partial charge in [-0.1, -0.05) is 56.0 Å². The maximum Gasteiger partial charge on any atom is 0.0438 e. The molecule has 0 spiro atoms. The van der Waals surface area contributed by atoms with Gasteiger partial charge in [0.2, 0.25) is 0 Å². The van der Waals surface area contributed by atoms with Crippen LogP contribution in [0.15, 0.2) is 24.3 Å². The van der Waals surface area contributed by atoms with Gasteiger partial charge in [-0.25, -0.2) is 0 Å². The number of halogens is 1. The van der Waals surface area contributed by atoms with Crippen molar-refractivity contribution in [2.45, 2.75) is 51.5 Å². The molecule has 1 nitrogen and oxygen atoms in total. The fourth-order valence-electron chi connectivity index (χ4n) is 2.65. The van der Waals surface area contributed by atoms with E-state index in [9.17, 15) is 0 Å². The average molecular weight is 266 g/mol. The minimum Gasteiger partial charge on any atom is -0.314 e. The fourth-order valence-corrected chi connectivity index (χ4v) is 2.86. The summed E-state index contributed by atoms with van der Waals surface area (Å²) in [7, 11) is 0. The van der Waals surface area contributed by atoms with E-state index in [1.54, 1.807) is 0 Å². The number of hydrogen-bond donors (Lipinski definition) is 1. The summed E-state index contributed by atoms with van der Waals surface area (Å²) in [5.74, 6) is 0.946. The Morgan fingerprint density at radius 1 is 1.33 bits per heavy atom. The smallest absolute Gasteiger partial charge is 0.0438 e. The Morgan fingerprint density at radius 2 is 2.11 bits per heavy atom. The van der Waals surface area contributed by atoms with Crippen LogP contribution in [0.1, 0.15) is 44.6 Å². The normalized spacial score (nSPS) is 17.4. The zero-order valence-electron chi connectivity index (χ0n) is 11.3. The third-order valence-electron chi connectivity index (χ3n) is 3.95. The summed E-state index contributed by atoms with van der Waals surface area (Å²) in [6.45, 7) is 3.34. The van der Waals surface area contributed by atoms with Crippen LogP contribution >= 0.6 is 11.6 Å². The largest absolute Gasteiger partial charge is 0.314 e. The van der Waals surface area contributed by atoms with Crippen molar-refractivity contribution >= 4 is 11.6 Å². The molecular formula is C16H24ClN. The molecule has 0 aliphatic heterocycles. The zero-order chi connectivity index (χ0) is 12.8. The maximum atomic E-state index is 6.26. The Morgan fingerprint density at radius 3 is 2.72 bits per heavy atom. The maximum absolute atomic E-state index is 6.26. The summed E-state index contributed by atoms with van der Waals surface area (Å²) in [5, 5.41) is 4.60. The minimum absolute atomic E-state index is 0.593. The Balaban J connectivity index is 1.92. The van der Waals surface area contributed by atoms with Crippen LogP contribution in [0, 0.1) is 5.92 Å². The van der Waals surface area contributed by atoms with Crippen molar-refractivity contribution < 1.29 is 0 Å². The first-order chi connectivity index (χ1) is 8.79. The first kappa shape index (κ1) is 13.9. The van der Waals surface area contributed by atoms with E-state index in [0.717, 1.165) is 23.9 Å². The molecule has 0 aromatic heterocycles. The highest BCUT2D eigenvalue weighted by Crippen LogP contribution is 2.31. The summed E-state index contributed by atoms with van der Waals surface area (Å²) in [5.41, 5.74) is 1.28. The summed E-state index contributed by atoms with van der Waals surface area (Å²) >= 11 is 6.26. The van der Waals surface area contributed by atoms with Crippen LogP contribution < -0.4 is 5.32 Å². The van der Waals surface area contributed by atoms with Crippen LogP contribution in [0.5, 0.6) is 0 Å². The second-order valence-electron chi connectivity index (χ2n) is 5.48. The second-order valence-corrected chi connectivity index (χ2v) is 5.89. The predicted molar refractivity (Wildman–Crippen MR) is 79.2 cm³/mol. The number of benzene rings is 1. The van der Waals surface area contributed by atoms with Crippen molar-refractivity contribution in [2.24, 2.45) is 5.92 Å². The van der Waals surface area contributed by atoms with E-state index in [-0.39, 0.29) is 0 Å². The van der Waals surface area contributed by atoms with Gasteiger partial charge in [-0.05, 0) is 43.4 Å². The van der Waals surface area contributed by atoms with Gasteiger partial charge < -0.3 is 5.32 Å². The quantitative estimate of drug-likeness (QED) is 0.769. The van der Waals surface area contributed by atoms with E-state index < -0.39 is 0 Å². The highest BCUT2D eigenvalue weighted by atomic mass is 35.5. The standard InChI is InChI=1S/C16H24ClN/c1-2-10-18-15(11-13-6-5-7-13)12-14-8-3-4-9-16(14)17/h3-4,8-9,13,15,18H,2,5-7,10-12H2,1H3. The van der Waals surface area contributed by atoms with E-state index in [2.05, 4.69) is 24.4 Å². The molecule has 1 aliphatic carbocycles. The van der Waals surface area contributed by atoms with Gasteiger partial charge in [0.1, 0.15) is 0 Å². The average Bonchev–Trinajstić information content (AvgIpc) is 2.33. The lowest BCUT2D eigenvalue weighted by Crippen LogP contribution is -2.35. The van der Waals surface area contributed by atoms with Gasteiger partial charge in [-0.2, -0.15) is 0 Å². The van der Waals surface area contributed by atoms with Crippen LogP contribution in [0.3, 0.4) is 0 Å². The van der Waals surface area contributed by atoms with Crippen LogP contribution in [-0.2, 0) is 6.42 Å². The third kappa shape index (κ3) is 4.00. The lowest BCUT2D eigenvalue weighted by Gasteiger charge is -2.30. The van der Waals surface area contributed by atoms with Crippen molar-refractivity contribution in [1.29, 1.82) is 0 Å². The highest BCUT2D eigenvalue weighted by molar-refractivity contribution is 6.31. The number of rotatable bonds is 7. The highest BCUT2D eigenvalue weighted by Gasteiger charge is 2.22. The van der Waals surface area contributed by atoms with Gasteiger partial charge in [-0.15, -0.1) is 0 Å². The van der Waals surface area contributed by atoms with Crippen LogP contribution in [0.4, 0.5) is 0 Å². The van der Waals surface area contributed by atoms with E-state index in [1.807, 2.05) is 12.1 Å². The van der Waals surface area contributed by atoms with Crippen molar-refractivity contribution in [3.05, 3.63) is 34.9 Å². The Hall–Kier alpha value is -0.530. The van der Waals surface area contributed by atoms with E-state index in [1.165, 1.54) is 37.7 Å². The SMILES string of the molecule is CCCNC(Cc1ccccc1Cl)CC1CCC1. The van der Waals surface area contributed by atoms with Gasteiger partial charge in [0.25, 0.3) is 0 Å². The molecule has 0 radical (unpaired) electrons. The number of hydrogen-bond acceptors (Lipinski definition) is 1. The van der Waals surface area contributed by atoms with Gasteiger partial charge in [-0.3, -0.25) is 0 Å². The molecule has 1 fully saturated rings. The van der Waals surface area contributed by atoms with Gasteiger partial charge >= 0.3 is 0 Å². The predicted octanol–water partition coefficient (Wildman–Crippen LogP) is 4.44. The first-order valence-corrected chi connectivity index (χ1v) is 7.64. The molecule has 0 bridgehead atoms. The van der Waals surface area contributed by atoms with Crippen LogP contribution in [0.25, 0.3) is 0 Å². The summed E-state index contributed by atoms with van der Waals surface area (Å²) in [6, 6.07) is 8.84. The van der Waals surface area contributed by atoms with E-state index >= 15 is 0 Å². The lowest BCUT2D eigenvalue weighted by atomic mass is 9.80. The minimum atomic E-state index is 0.593. The molecule has 0 saturated heterocycles. The molecule has 1 saturated carbocycles. The van der Waals surface area contributed by atoms with Gasteiger partial charge in [0.05, 0.1) is 0 Å². The summed E-state index contributed by atoms with van der Waals surface area (Å²) in [6.07, 6.45) is 7.85. The molecule has 1 aliphatic rings. The molecule has 1 N–H and O–H groups in total. The molecule has 18 heavy (non-hydrogen) atoms. The topological polar surface area (TPSA) is 12.0 Å². The molecule has 0 amide bonds. The monoisotopic (exact) mass is 265 g/mol. The molecule has 1 atom stereocenters. The van der Waals surface area contributed by atoms with Crippen molar-refractivity contribution in [1.82, 2.24) is 5.32 Å². The molecule has 100 valence electrons. The molecule has 1 unspecified atom stereocenters. The van der Waals surface area contributed by atoms with Crippen LogP contribution in [-0.4, -0.2) is 12.6 Å². The fraction of sp³-hybridized carbons (Fsp3) is 0.625. The molecule has 0 heterocycles. The second kappa shape index (κ2) is 7.16. The summed E-state index contributed by atoms with van der Waals surface area (Å²) < 4.78 is 0. The molecule has 1 aromatic rings. The Labute approximate surface area is 116 Å². The Bertz CT molecular complexity index is 360. The molecule has 1 aromatic carbocycles. The number of nitrogens with one attached hydrogen (secondary N) is 1. The van der Waals surface area contributed by atoms with Crippen molar-refractivity contribution in [3.8, 4) is 0 Å². The third-order valence-corrected chi connectivity index (χ3v) is 4.32. The van der Waals surface area contributed by atoms with Gasteiger partial charge in [0, 0.05) is 11.1 Å². The molecule has 2 heteroatoms. The van der Waals surface area contributed by atoms with E-state index in [0.29, 0.717) is 6.04 Å². The first-order valence-electron chi connectivity index (χ1n) is 7.26. The summed E-state index contributed by atoms with van der Waals surface area (Å²) in [4.78, 5) is 0. The van der Waals surface area contributed by atoms with Crippen molar-refractivity contribution in [3.63, 3.8) is 0 Å². The Kier molecular flexibility index (Phi) is 5.52.